The molecule has 0 aliphatic heterocycles. The standard InChI is InChI=1S/C17H21N3/c1-13-8-9-15(14(2)12-13)10-11-19-17(18)20-16-6-4-3-5-7-16/h3-9,12H,10-11H2,1-2H3,(H3,18,19,20). The molecule has 2 aromatic carbocycles. The minimum atomic E-state index is 0.459. The van der Waals surface area contributed by atoms with Gasteiger partial charge in [0.2, 0.25) is 0 Å². The maximum absolute atomic E-state index is 5.87. The van der Waals surface area contributed by atoms with Gasteiger partial charge >= 0.3 is 0 Å². The lowest BCUT2D eigenvalue weighted by molar-refractivity contribution is 0.953. The second kappa shape index (κ2) is 6.75. The molecule has 0 spiro atoms. The Morgan fingerprint density at radius 3 is 2.55 bits per heavy atom. The second-order valence-corrected chi connectivity index (χ2v) is 4.94. The molecule has 0 radical (unpaired) electrons. The lowest BCUT2D eigenvalue weighted by Gasteiger charge is -2.07. The van der Waals surface area contributed by atoms with Crippen molar-refractivity contribution in [1.29, 1.82) is 0 Å². The number of nitrogens with zero attached hydrogens (tertiary/aromatic N) is 1. The van der Waals surface area contributed by atoms with Crippen molar-refractivity contribution in [3.8, 4) is 0 Å². The molecule has 3 nitrogen and oxygen atoms in total. The molecule has 20 heavy (non-hydrogen) atoms. The predicted molar refractivity (Wildman–Crippen MR) is 86.2 cm³/mol. The number of rotatable bonds is 4. The van der Waals surface area contributed by atoms with E-state index in [4.69, 9.17) is 5.73 Å². The summed E-state index contributed by atoms with van der Waals surface area (Å²) in [4.78, 5) is 4.36. The first-order valence-electron chi connectivity index (χ1n) is 6.83. The molecular weight excluding hydrogens is 246 g/mol. The molecule has 104 valence electrons. The Balaban J connectivity index is 1.89. The van der Waals surface area contributed by atoms with Gasteiger partial charge in [-0.2, -0.15) is 0 Å². The molecule has 0 heterocycles. The summed E-state index contributed by atoms with van der Waals surface area (Å²) in [7, 11) is 0. The molecule has 0 saturated heterocycles. The molecule has 0 amide bonds. The number of hydrogen-bond acceptors (Lipinski definition) is 1. The number of guanidine groups is 1. The summed E-state index contributed by atoms with van der Waals surface area (Å²) in [5.74, 6) is 0.459. The van der Waals surface area contributed by atoms with Crippen LogP contribution in [0.3, 0.4) is 0 Å². The van der Waals surface area contributed by atoms with Crippen LogP contribution in [0.2, 0.25) is 0 Å². The van der Waals surface area contributed by atoms with Gasteiger partial charge in [0, 0.05) is 12.2 Å². The van der Waals surface area contributed by atoms with E-state index in [0.717, 1.165) is 12.1 Å². The predicted octanol–water partition coefficient (Wildman–Crippen LogP) is 3.27. The summed E-state index contributed by atoms with van der Waals surface area (Å²) in [6.07, 6.45) is 0.906. The maximum Gasteiger partial charge on any atom is 0.193 e. The zero-order chi connectivity index (χ0) is 14.4. The first-order valence-corrected chi connectivity index (χ1v) is 6.83. The summed E-state index contributed by atoms with van der Waals surface area (Å²) >= 11 is 0. The van der Waals surface area contributed by atoms with E-state index in [1.54, 1.807) is 0 Å². The number of anilines is 1. The summed E-state index contributed by atoms with van der Waals surface area (Å²) in [5.41, 5.74) is 10.8. The summed E-state index contributed by atoms with van der Waals surface area (Å²) in [6, 6.07) is 16.3. The molecule has 0 bridgehead atoms. The summed E-state index contributed by atoms with van der Waals surface area (Å²) < 4.78 is 0. The average Bonchev–Trinajstić information content (AvgIpc) is 2.42. The number of nitrogens with two attached hydrogens (primary N) is 1. The molecule has 0 fully saturated rings. The smallest absolute Gasteiger partial charge is 0.193 e. The first-order chi connectivity index (χ1) is 9.65. The van der Waals surface area contributed by atoms with Crippen LogP contribution in [0, 0.1) is 13.8 Å². The van der Waals surface area contributed by atoms with Crippen LogP contribution in [0.25, 0.3) is 0 Å². The zero-order valence-electron chi connectivity index (χ0n) is 12.1. The van der Waals surface area contributed by atoms with Crippen molar-refractivity contribution in [1.82, 2.24) is 0 Å². The maximum atomic E-state index is 5.87. The van der Waals surface area contributed by atoms with E-state index in [1.807, 2.05) is 30.3 Å². The van der Waals surface area contributed by atoms with Gasteiger partial charge in [-0.3, -0.25) is 4.99 Å². The largest absolute Gasteiger partial charge is 0.370 e. The molecule has 2 aromatic rings. The molecule has 3 N–H and O–H groups in total. The van der Waals surface area contributed by atoms with Crippen LogP contribution in [-0.2, 0) is 6.42 Å². The highest BCUT2D eigenvalue weighted by Gasteiger charge is 1.99. The molecule has 2 rings (SSSR count). The monoisotopic (exact) mass is 267 g/mol. The van der Waals surface area contributed by atoms with E-state index in [1.165, 1.54) is 16.7 Å². The van der Waals surface area contributed by atoms with E-state index in [-0.39, 0.29) is 0 Å². The Morgan fingerprint density at radius 1 is 1.10 bits per heavy atom. The fourth-order valence-corrected chi connectivity index (χ4v) is 2.13. The second-order valence-electron chi connectivity index (χ2n) is 4.94. The van der Waals surface area contributed by atoms with Crippen LogP contribution in [0.4, 0.5) is 5.69 Å². The van der Waals surface area contributed by atoms with Crippen LogP contribution < -0.4 is 11.1 Å². The Hall–Kier alpha value is -2.29. The van der Waals surface area contributed by atoms with Crippen LogP contribution in [-0.4, -0.2) is 12.5 Å². The molecule has 3 heteroatoms. The van der Waals surface area contributed by atoms with Gasteiger partial charge in [0.15, 0.2) is 5.96 Å². The van der Waals surface area contributed by atoms with Gasteiger partial charge in [0.25, 0.3) is 0 Å². The third-order valence-corrected chi connectivity index (χ3v) is 3.21. The van der Waals surface area contributed by atoms with E-state index in [9.17, 15) is 0 Å². The fourth-order valence-electron chi connectivity index (χ4n) is 2.13. The van der Waals surface area contributed by atoms with Crippen LogP contribution in [0.1, 0.15) is 16.7 Å². The van der Waals surface area contributed by atoms with Crippen molar-refractivity contribution in [2.75, 3.05) is 11.9 Å². The van der Waals surface area contributed by atoms with Crippen molar-refractivity contribution < 1.29 is 0 Å². The lowest BCUT2D eigenvalue weighted by atomic mass is 10.0. The van der Waals surface area contributed by atoms with Gasteiger partial charge in [0.1, 0.15) is 0 Å². The third-order valence-electron chi connectivity index (χ3n) is 3.21. The Morgan fingerprint density at radius 2 is 1.85 bits per heavy atom. The van der Waals surface area contributed by atoms with Crippen LogP contribution in [0.5, 0.6) is 0 Å². The summed E-state index contributed by atoms with van der Waals surface area (Å²) in [5, 5.41) is 3.08. The number of aliphatic imine (C=N–C) groups is 1. The van der Waals surface area contributed by atoms with E-state index in [2.05, 4.69) is 42.4 Å². The molecule has 0 atom stereocenters. The van der Waals surface area contributed by atoms with Crippen molar-refractivity contribution >= 4 is 11.6 Å². The van der Waals surface area contributed by atoms with Crippen LogP contribution in [0.15, 0.2) is 53.5 Å². The number of para-hydroxylation sites is 1. The van der Waals surface area contributed by atoms with Gasteiger partial charge in [0.05, 0.1) is 0 Å². The minimum Gasteiger partial charge on any atom is -0.370 e. The normalized spacial score (nSPS) is 11.4. The molecular formula is C17H21N3. The Bertz CT molecular complexity index is 588. The number of benzene rings is 2. The topological polar surface area (TPSA) is 50.4 Å². The highest BCUT2D eigenvalue weighted by atomic mass is 15.1. The van der Waals surface area contributed by atoms with Crippen molar-refractivity contribution in [2.45, 2.75) is 20.3 Å². The molecule has 0 unspecified atom stereocenters. The third kappa shape index (κ3) is 4.12. The molecule has 0 aromatic heterocycles. The van der Waals surface area contributed by atoms with Crippen molar-refractivity contribution in [2.24, 2.45) is 10.7 Å². The Kier molecular flexibility index (Phi) is 4.77. The minimum absolute atomic E-state index is 0.459. The zero-order valence-corrected chi connectivity index (χ0v) is 12.1. The first kappa shape index (κ1) is 14.1. The highest BCUT2D eigenvalue weighted by molar-refractivity contribution is 5.92. The fraction of sp³-hybridized carbons (Fsp3) is 0.235. The SMILES string of the molecule is Cc1ccc(CCN=C(N)Nc2ccccc2)c(C)c1. The molecule has 0 saturated carbocycles. The van der Waals surface area contributed by atoms with E-state index in [0.29, 0.717) is 12.5 Å². The molecule has 0 aliphatic carbocycles. The van der Waals surface area contributed by atoms with Gasteiger partial charge in [-0.15, -0.1) is 0 Å². The van der Waals surface area contributed by atoms with Gasteiger partial charge < -0.3 is 11.1 Å². The van der Waals surface area contributed by atoms with Crippen molar-refractivity contribution in [3.05, 3.63) is 65.2 Å². The summed E-state index contributed by atoms with van der Waals surface area (Å²) in [6.45, 7) is 4.93. The Labute approximate surface area is 120 Å². The lowest BCUT2D eigenvalue weighted by Crippen LogP contribution is -2.23. The van der Waals surface area contributed by atoms with Gasteiger partial charge in [-0.05, 0) is 43.5 Å². The average molecular weight is 267 g/mol. The van der Waals surface area contributed by atoms with Crippen molar-refractivity contribution in [3.63, 3.8) is 0 Å². The number of hydrogen-bond donors (Lipinski definition) is 2. The van der Waals surface area contributed by atoms with Crippen LogP contribution >= 0.6 is 0 Å². The van der Waals surface area contributed by atoms with E-state index < -0.39 is 0 Å². The van der Waals surface area contributed by atoms with E-state index >= 15 is 0 Å². The highest BCUT2D eigenvalue weighted by Crippen LogP contribution is 2.11. The van der Waals surface area contributed by atoms with Gasteiger partial charge in [-0.25, -0.2) is 0 Å². The molecule has 0 aliphatic rings. The number of nitrogens with one attached hydrogen (secondary N) is 1. The van der Waals surface area contributed by atoms with Gasteiger partial charge in [-0.1, -0.05) is 42.0 Å². The number of aryl methyl sites for hydroxylation is 2. The quantitative estimate of drug-likeness (QED) is 0.660.